The van der Waals surface area contributed by atoms with Gasteiger partial charge in [0.2, 0.25) is 17.7 Å². The zero-order valence-corrected chi connectivity index (χ0v) is 14.3. The maximum atomic E-state index is 12.1. The van der Waals surface area contributed by atoms with Gasteiger partial charge in [-0.2, -0.15) is 0 Å². The van der Waals surface area contributed by atoms with Crippen LogP contribution in [-0.4, -0.2) is 47.8 Å². The predicted molar refractivity (Wildman–Crippen MR) is 87.6 cm³/mol. The van der Waals surface area contributed by atoms with E-state index in [0.29, 0.717) is 25.6 Å². The molecular formula is C17H29N3O3. The standard InChI is InChI=1S/C17H29N3O3/c1-12(2)20-11-13(10-16(20)22)17(23)18-9-8-15(21)19-14-6-4-3-5-7-14/h12-14H,3-11H2,1-2H3,(H,18,23)(H,19,21)/t13-/m1/s1. The first kappa shape index (κ1) is 17.8. The maximum Gasteiger partial charge on any atom is 0.225 e. The molecule has 2 rings (SSSR count). The van der Waals surface area contributed by atoms with Crippen molar-refractivity contribution in [3.05, 3.63) is 0 Å². The molecule has 130 valence electrons. The van der Waals surface area contributed by atoms with Crippen molar-refractivity contribution in [3.8, 4) is 0 Å². The Hall–Kier alpha value is -1.59. The Labute approximate surface area is 138 Å². The van der Waals surface area contributed by atoms with E-state index in [9.17, 15) is 14.4 Å². The summed E-state index contributed by atoms with van der Waals surface area (Å²) in [6.07, 6.45) is 6.33. The Morgan fingerprint density at radius 1 is 1.22 bits per heavy atom. The van der Waals surface area contributed by atoms with E-state index in [4.69, 9.17) is 0 Å². The Kier molecular flexibility index (Phi) is 6.42. The van der Waals surface area contributed by atoms with Gasteiger partial charge in [0, 0.05) is 38.0 Å². The normalized spacial score (nSPS) is 22.5. The SMILES string of the molecule is CC(C)N1C[C@H](C(=O)NCCC(=O)NC2CCCCC2)CC1=O. The van der Waals surface area contributed by atoms with E-state index >= 15 is 0 Å². The molecule has 1 aliphatic carbocycles. The van der Waals surface area contributed by atoms with Gasteiger partial charge in [-0.3, -0.25) is 14.4 Å². The fourth-order valence-corrected chi connectivity index (χ4v) is 3.40. The molecule has 1 saturated heterocycles. The van der Waals surface area contributed by atoms with Crippen LogP contribution in [0.25, 0.3) is 0 Å². The van der Waals surface area contributed by atoms with Gasteiger partial charge in [-0.15, -0.1) is 0 Å². The molecule has 23 heavy (non-hydrogen) atoms. The average Bonchev–Trinajstić information content (AvgIpc) is 2.90. The van der Waals surface area contributed by atoms with E-state index in [0.717, 1.165) is 12.8 Å². The molecule has 0 aromatic rings. The van der Waals surface area contributed by atoms with Gasteiger partial charge in [0.1, 0.15) is 0 Å². The van der Waals surface area contributed by atoms with Crippen LogP contribution in [0.5, 0.6) is 0 Å². The van der Waals surface area contributed by atoms with Crippen LogP contribution >= 0.6 is 0 Å². The number of amides is 3. The minimum Gasteiger partial charge on any atom is -0.355 e. The first-order chi connectivity index (χ1) is 11.0. The Morgan fingerprint density at radius 2 is 1.91 bits per heavy atom. The number of hydrogen-bond acceptors (Lipinski definition) is 3. The van der Waals surface area contributed by atoms with E-state index in [1.807, 2.05) is 13.8 Å². The molecule has 6 heteroatoms. The highest BCUT2D eigenvalue weighted by atomic mass is 16.2. The van der Waals surface area contributed by atoms with Crippen molar-refractivity contribution < 1.29 is 14.4 Å². The summed E-state index contributed by atoms with van der Waals surface area (Å²) < 4.78 is 0. The molecule has 0 radical (unpaired) electrons. The summed E-state index contributed by atoms with van der Waals surface area (Å²) in [5.74, 6) is -0.364. The molecule has 3 amide bonds. The number of nitrogens with one attached hydrogen (secondary N) is 2. The molecule has 1 atom stereocenters. The van der Waals surface area contributed by atoms with Gasteiger partial charge in [-0.25, -0.2) is 0 Å². The van der Waals surface area contributed by atoms with E-state index in [2.05, 4.69) is 10.6 Å². The second kappa shape index (κ2) is 8.31. The second-order valence-electron chi connectivity index (χ2n) is 6.98. The van der Waals surface area contributed by atoms with E-state index < -0.39 is 0 Å². The third-order valence-corrected chi connectivity index (χ3v) is 4.77. The molecular weight excluding hydrogens is 294 g/mol. The Bertz CT molecular complexity index is 444. The zero-order chi connectivity index (χ0) is 16.8. The van der Waals surface area contributed by atoms with Crippen LogP contribution in [0.2, 0.25) is 0 Å². The summed E-state index contributed by atoms with van der Waals surface area (Å²) in [5.41, 5.74) is 0. The molecule has 0 unspecified atom stereocenters. The number of carbonyl (C=O) groups is 3. The highest BCUT2D eigenvalue weighted by Crippen LogP contribution is 2.20. The van der Waals surface area contributed by atoms with E-state index in [1.165, 1.54) is 19.3 Å². The zero-order valence-electron chi connectivity index (χ0n) is 14.3. The third-order valence-electron chi connectivity index (χ3n) is 4.77. The topological polar surface area (TPSA) is 78.5 Å². The summed E-state index contributed by atoms with van der Waals surface area (Å²) in [7, 11) is 0. The number of nitrogens with zero attached hydrogens (tertiary/aromatic N) is 1. The van der Waals surface area contributed by atoms with Gasteiger partial charge < -0.3 is 15.5 Å². The summed E-state index contributed by atoms with van der Waals surface area (Å²) >= 11 is 0. The van der Waals surface area contributed by atoms with E-state index in [-0.39, 0.29) is 36.1 Å². The molecule has 0 aromatic heterocycles. The van der Waals surface area contributed by atoms with Crippen LogP contribution in [0.3, 0.4) is 0 Å². The quantitative estimate of drug-likeness (QED) is 0.771. The fourth-order valence-electron chi connectivity index (χ4n) is 3.40. The molecule has 1 heterocycles. The van der Waals surface area contributed by atoms with Gasteiger partial charge in [-0.05, 0) is 26.7 Å². The molecule has 6 nitrogen and oxygen atoms in total. The molecule has 1 saturated carbocycles. The molecule has 1 aliphatic heterocycles. The maximum absolute atomic E-state index is 12.1. The van der Waals surface area contributed by atoms with Crippen molar-refractivity contribution in [3.63, 3.8) is 0 Å². The number of likely N-dealkylation sites (tertiary alicyclic amines) is 1. The lowest BCUT2D eigenvalue weighted by Crippen LogP contribution is -2.39. The van der Waals surface area contributed by atoms with Crippen molar-refractivity contribution in [2.45, 2.75) is 70.9 Å². The van der Waals surface area contributed by atoms with Gasteiger partial charge in [0.15, 0.2) is 0 Å². The summed E-state index contributed by atoms with van der Waals surface area (Å²) in [6, 6.07) is 0.431. The van der Waals surface area contributed by atoms with Crippen LogP contribution in [0, 0.1) is 5.92 Å². The van der Waals surface area contributed by atoms with Crippen molar-refractivity contribution in [1.82, 2.24) is 15.5 Å². The number of hydrogen-bond donors (Lipinski definition) is 2. The lowest BCUT2D eigenvalue weighted by atomic mass is 9.95. The van der Waals surface area contributed by atoms with Crippen molar-refractivity contribution >= 4 is 17.7 Å². The van der Waals surface area contributed by atoms with Crippen molar-refractivity contribution in [2.75, 3.05) is 13.1 Å². The molecule has 0 aromatic carbocycles. The molecule has 2 aliphatic rings. The van der Waals surface area contributed by atoms with Crippen LogP contribution in [0.1, 0.15) is 58.8 Å². The lowest BCUT2D eigenvalue weighted by Gasteiger charge is -2.22. The summed E-state index contributed by atoms with van der Waals surface area (Å²) in [5, 5.41) is 5.83. The molecule has 0 bridgehead atoms. The van der Waals surface area contributed by atoms with Crippen molar-refractivity contribution in [1.29, 1.82) is 0 Å². The van der Waals surface area contributed by atoms with Crippen LogP contribution in [0.4, 0.5) is 0 Å². The number of rotatable bonds is 6. The Balaban J connectivity index is 1.64. The third kappa shape index (κ3) is 5.22. The average molecular weight is 323 g/mol. The fraction of sp³-hybridized carbons (Fsp3) is 0.824. The number of carbonyl (C=O) groups excluding carboxylic acids is 3. The van der Waals surface area contributed by atoms with Gasteiger partial charge in [-0.1, -0.05) is 19.3 Å². The predicted octanol–water partition coefficient (Wildman–Crippen LogP) is 1.20. The minimum absolute atomic E-state index is 0.00325. The monoisotopic (exact) mass is 323 g/mol. The molecule has 0 spiro atoms. The summed E-state index contributed by atoms with van der Waals surface area (Å²) in [4.78, 5) is 37.5. The van der Waals surface area contributed by atoms with Crippen LogP contribution < -0.4 is 10.6 Å². The highest BCUT2D eigenvalue weighted by Gasteiger charge is 2.35. The van der Waals surface area contributed by atoms with Crippen LogP contribution in [0.15, 0.2) is 0 Å². The second-order valence-corrected chi connectivity index (χ2v) is 6.98. The highest BCUT2D eigenvalue weighted by molar-refractivity contribution is 5.89. The van der Waals surface area contributed by atoms with Gasteiger partial charge in [0.05, 0.1) is 5.92 Å². The minimum atomic E-state index is -0.286. The molecule has 2 fully saturated rings. The smallest absolute Gasteiger partial charge is 0.225 e. The lowest BCUT2D eigenvalue weighted by molar-refractivity contribution is -0.130. The van der Waals surface area contributed by atoms with Crippen LogP contribution in [-0.2, 0) is 14.4 Å². The summed E-state index contributed by atoms with van der Waals surface area (Å²) in [6.45, 7) is 4.72. The first-order valence-electron chi connectivity index (χ1n) is 8.84. The first-order valence-corrected chi connectivity index (χ1v) is 8.84. The van der Waals surface area contributed by atoms with Gasteiger partial charge in [0.25, 0.3) is 0 Å². The van der Waals surface area contributed by atoms with Crippen molar-refractivity contribution in [2.24, 2.45) is 5.92 Å². The molecule has 2 N–H and O–H groups in total. The van der Waals surface area contributed by atoms with Gasteiger partial charge >= 0.3 is 0 Å². The van der Waals surface area contributed by atoms with E-state index in [1.54, 1.807) is 4.90 Å². The Morgan fingerprint density at radius 3 is 2.52 bits per heavy atom. The largest absolute Gasteiger partial charge is 0.355 e.